The van der Waals surface area contributed by atoms with Crippen LogP contribution in [0.4, 0.5) is 0 Å². The predicted molar refractivity (Wildman–Crippen MR) is 96.1 cm³/mol. The van der Waals surface area contributed by atoms with Gasteiger partial charge in [-0.05, 0) is 61.5 Å². The van der Waals surface area contributed by atoms with E-state index < -0.39 is 0 Å². The van der Waals surface area contributed by atoms with Crippen LogP contribution in [0.1, 0.15) is 6.92 Å². The van der Waals surface area contributed by atoms with Crippen molar-refractivity contribution in [3.8, 4) is 34.6 Å². The molecule has 0 aliphatic carbocycles. The van der Waals surface area contributed by atoms with E-state index in [1.54, 1.807) is 54.6 Å². The average Bonchev–Trinajstić information content (AvgIpc) is 2.65. The minimum atomic E-state index is -0.208. The third kappa shape index (κ3) is 5.04. The molecule has 1 aromatic heterocycles. The number of aromatic nitrogens is 1. The molecule has 1 atom stereocenters. The smallest absolute Gasteiger partial charge is 0.213 e. The summed E-state index contributed by atoms with van der Waals surface area (Å²) in [6.07, 6.45) is 1.12. The predicted octanol–water partition coefficient (Wildman–Crippen LogP) is 4.13. The molecule has 0 radical (unpaired) electrons. The molecule has 1 heterocycles. The lowest BCUT2D eigenvalue weighted by Gasteiger charge is -2.15. The maximum Gasteiger partial charge on any atom is 0.213 e. The quantitative estimate of drug-likeness (QED) is 0.665. The summed E-state index contributed by atoms with van der Waals surface area (Å²) in [5.74, 6) is 2.71. The monoisotopic (exact) mass is 353 g/mol. The summed E-state index contributed by atoms with van der Waals surface area (Å²) < 4.78 is 17.0. The van der Waals surface area contributed by atoms with Gasteiger partial charge in [-0.2, -0.15) is 0 Å². The van der Waals surface area contributed by atoms with E-state index in [0.29, 0.717) is 29.7 Å². The van der Waals surface area contributed by atoms with Gasteiger partial charge in [-0.25, -0.2) is 4.98 Å². The second-order valence-electron chi connectivity index (χ2n) is 5.66. The Morgan fingerprint density at radius 2 is 1.38 bits per heavy atom. The van der Waals surface area contributed by atoms with Crippen molar-refractivity contribution < 1.29 is 24.4 Å². The first-order valence-corrected chi connectivity index (χ1v) is 8.10. The van der Waals surface area contributed by atoms with Crippen molar-refractivity contribution in [3.05, 3.63) is 66.9 Å². The molecule has 6 heteroatoms. The van der Waals surface area contributed by atoms with Gasteiger partial charge in [0.25, 0.3) is 0 Å². The van der Waals surface area contributed by atoms with Gasteiger partial charge in [0.2, 0.25) is 5.88 Å². The highest BCUT2D eigenvalue weighted by atomic mass is 16.5. The number of benzene rings is 2. The summed E-state index contributed by atoms with van der Waals surface area (Å²) in [4.78, 5) is 3.97. The van der Waals surface area contributed by atoms with Crippen LogP contribution >= 0.6 is 0 Å². The van der Waals surface area contributed by atoms with E-state index in [1.807, 2.05) is 6.92 Å². The van der Waals surface area contributed by atoms with E-state index in [9.17, 15) is 10.2 Å². The third-order valence-electron chi connectivity index (χ3n) is 3.42. The normalized spacial score (nSPS) is 11.6. The van der Waals surface area contributed by atoms with Gasteiger partial charge in [-0.1, -0.05) is 0 Å². The van der Waals surface area contributed by atoms with Gasteiger partial charge < -0.3 is 24.4 Å². The number of rotatable bonds is 7. The molecule has 0 spiro atoms. The number of hydrogen-bond acceptors (Lipinski definition) is 6. The Bertz CT molecular complexity index is 816. The number of aromatic hydroxyl groups is 2. The van der Waals surface area contributed by atoms with Crippen LogP contribution in [0.25, 0.3) is 0 Å². The lowest BCUT2D eigenvalue weighted by atomic mass is 10.3. The number of nitrogens with zero attached hydrogens (tertiary/aromatic N) is 1. The molecule has 0 saturated heterocycles. The first-order valence-electron chi connectivity index (χ1n) is 8.10. The van der Waals surface area contributed by atoms with E-state index in [-0.39, 0.29) is 17.6 Å². The molecule has 2 N–H and O–H groups in total. The van der Waals surface area contributed by atoms with Gasteiger partial charge in [-0.3, -0.25) is 0 Å². The Morgan fingerprint density at radius 1 is 0.808 bits per heavy atom. The van der Waals surface area contributed by atoms with Gasteiger partial charge in [0.1, 0.15) is 41.5 Å². The molecule has 0 saturated carbocycles. The van der Waals surface area contributed by atoms with E-state index in [1.165, 1.54) is 12.3 Å². The van der Waals surface area contributed by atoms with Crippen molar-refractivity contribution in [2.24, 2.45) is 0 Å². The molecule has 0 fully saturated rings. The van der Waals surface area contributed by atoms with Crippen LogP contribution in [0.2, 0.25) is 0 Å². The molecule has 0 amide bonds. The highest BCUT2D eigenvalue weighted by Crippen LogP contribution is 2.25. The van der Waals surface area contributed by atoms with Gasteiger partial charge in [0.15, 0.2) is 0 Å². The number of phenolic OH excluding ortho intramolecular Hbond substituents is 1. The Kier molecular flexibility index (Phi) is 5.43. The van der Waals surface area contributed by atoms with E-state index in [2.05, 4.69) is 4.98 Å². The Labute approximate surface area is 151 Å². The number of phenols is 1. The number of pyridine rings is 1. The van der Waals surface area contributed by atoms with Crippen molar-refractivity contribution in [2.45, 2.75) is 13.0 Å². The average molecular weight is 353 g/mol. The highest BCUT2D eigenvalue weighted by molar-refractivity contribution is 5.37. The first-order chi connectivity index (χ1) is 12.6. The van der Waals surface area contributed by atoms with E-state index in [0.717, 1.165) is 0 Å². The number of hydrogen-bond donors (Lipinski definition) is 2. The fourth-order valence-corrected chi connectivity index (χ4v) is 2.15. The summed E-state index contributed by atoms with van der Waals surface area (Å²) in [6.45, 7) is 2.22. The Morgan fingerprint density at radius 3 is 2.00 bits per heavy atom. The molecule has 6 nitrogen and oxygen atoms in total. The van der Waals surface area contributed by atoms with Crippen LogP contribution in [0.3, 0.4) is 0 Å². The molecule has 134 valence electrons. The molecular formula is C20H19NO5. The largest absolute Gasteiger partial charge is 0.508 e. The lowest BCUT2D eigenvalue weighted by molar-refractivity contribution is 0.138. The minimum absolute atomic E-state index is 0.0934. The fraction of sp³-hybridized carbons (Fsp3) is 0.150. The first kappa shape index (κ1) is 17.4. The molecule has 26 heavy (non-hydrogen) atoms. The Balaban J connectivity index is 1.49. The van der Waals surface area contributed by atoms with Crippen LogP contribution in [-0.4, -0.2) is 27.9 Å². The van der Waals surface area contributed by atoms with Gasteiger partial charge in [-0.15, -0.1) is 0 Å². The van der Waals surface area contributed by atoms with Crippen molar-refractivity contribution in [1.82, 2.24) is 4.98 Å². The molecule has 2 aromatic carbocycles. The van der Waals surface area contributed by atoms with Crippen LogP contribution in [-0.2, 0) is 0 Å². The summed E-state index contributed by atoms with van der Waals surface area (Å²) in [6, 6.07) is 16.8. The zero-order chi connectivity index (χ0) is 18.4. The molecular weight excluding hydrogens is 334 g/mol. The summed E-state index contributed by atoms with van der Waals surface area (Å²) >= 11 is 0. The summed E-state index contributed by atoms with van der Waals surface area (Å²) in [5.41, 5.74) is 0. The van der Waals surface area contributed by atoms with Crippen molar-refractivity contribution in [2.75, 3.05) is 6.61 Å². The number of ether oxygens (including phenoxy) is 3. The van der Waals surface area contributed by atoms with Crippen molar-refractivity contribution >= 4 is 0 Å². The maximum atomic E-state index is 9.27. The molecule has 1 unspecified atom stereocenters. The van der Waals surface area contributed by atoms with Gasteiger partial charge in [0.05, 0.1) is 6.20 Å². The SMILES string of the molecule is CC(COc1ccc(Oc2ccc(O)cc2)cc1)Oc1ccc(O)cn1. The highest BCUT2D eigenvalue weighted by Gasteiger charge is 2.07. The zero-order valence-corrected chi connectivity index (χ0v) is 14.2. The summed E-state index contributed by atoms with van der Waals surface area (Å²) in [7, 11) is 0. The molecule has 0 aliphatic rings. The van der Waals surface area contributed by atoms with E-state index in [4.69, 9.17) is 14.2 Å². The molecule has 3 rings (SSSR count). The zero-order valence-electron chi connectivity index (χ0n) is 14.2. The minimum Gasteiger partial charge on any atom is -0.508 e. The third-order valence-corrected chi connectivity index (χ3v) is 3.42. The van der Waals surface area contributed by atoms with Crippen LogP contribution in [0, 0.1) is 0 Å². The topological polar surface area (TPSA) is 81.0 Å². The van der Waals surface area contributed by atoms with Crippen LogP contribution in [0.15, 0.2) is 66.9 Å². The second kappa shape index (κ2) is 8.11. The molecule has 0 aliphatic heterocycles. The van der Waals surface area contributed by atoms with Gasteiger partial charge in [0, 0.05) is 6.07 Å². The van der Waals surface area contributed by atoms with Crippen molar-refractivity contribution in [1.29, 1.82) is 0 Å². The lowest BCUT2D eigenvalue weighted by Crippen LogP contribution is -2.21. The molecule has 0 bridgehead atoms. The van der Waals surface area contributed by atoms with Crippen LogP contribution < -0.4 is 14.2 Å². The van der Waals surface area contributed by atoms with Gasteiger partial charge >= 0.3 is 0 Å². The van der Waals surface area contributed by atoms with Crippen LogP contribution in [0.5, 0.6) is 34.6 Å². The van der Waals surface area contributed by atoms with E-state index >= 15 is 0 Å². The standard InChI is InChI=1S/C20H19NO5/c1-14(25-20-11-4-16(23)12-21-20)13-24-17-7-9-19(10-8-17)26-18-5-2-15(22)3-6-18/h2-12,14,22-23H,13H2,1H3. The second-order valence-corrected chi connectivity index (χ2v) is 5.66. The summed E-state index contributed by atoms with van der Waals surface area (Å²) in [5, 5.41) is 18.5. The maximum absolute atomic E-state index is 9.27. The van der Waals surface area contributed by atoms with Crippen molar-refractivity contribution in [3.63, 3.8) is 0 Å². The molecule has 3 aromatic rings. The Hall–Kier alpha value is -3.41. The fourth-order valence-electron chi connectivity index (χ4n) is 2.15.